The van der Waals surface area contributed by atoms with E-state index < -0.39 is 0 Å². The molecule has 0 aliphatic carbocycles. The van der Waals surface area contributed by atoms with Crippen molar-refractivity contribution in [2.45, 2.75) is 12.8 Å². The molecule has 0 N–H and O–H groups in total. The van der Waals surface area contributed by atoms with Crippen LogP contribution in [0.4, 0.5) is 0 Å². The Kier molecular flexibility index (Phi) is 4.58. The molecule has 1 aromatic rings. The topological polar surface area (TPSA) is 35.5 Å². The minimum atomic E-state index is -0.251. The minimum Gasteiger partial charge on any atom is -0.497 e. The number of rotatable bonds is 5. The molecule has 0 saturated carbocycles. The van der Waals surface area contributed by atoms with Crippen molar-refractivity contribution in [1.29, 1.82) is 0 Å². The van der Waals surface area contributed by atoms with Gasteiger partial charge in [0.25, 0.3) is 0 Å². The van der Waals surface area contributed by atoms with E-state index >= 15 is 0 Å². The van der Waals surface area contributed by atoms with Gasteiger partial charge >= 0.3 is 5.97 Å². The van der Waals surface area contributed by atoms with E-state index in [0.717, 1.165) is 16.9 Å². The third-order valence-electron chi connectivity index (χ3n) is 2.24. The zero-order valence-electron chi connectivity index (χ0n) is 9.66. The molecule has 0 amide bonds. The Morgan fingerprint density at radius 2 is 1.88 bits per heavy atom. The van der Waals surface area contributed by atoms with Crippen molar-refractivity contribution >= 4 is 5.97 Å². The highest BCUT2D eigenvalue weighted by Crippen LogP contribution is 2.15. The highest BCUT2D eigenvalue weighted by Gasteiger charge is 2.04. The first kappa shape index (κ1) is 12.3. The third kappa shape index (κ3) is 3.77. The summed E-state index contributed by atoms with van der Waals surface area (Å²) in [6.07, 6.45) is 0.946. The van der Waals surface area contributed by atoms with Crippen LogP contribution in [-0.4, -0.2) is 20.2 Å². The van der Waals surface area contributed by atoms with Gasteiger partial charge in [0, 0.05) is 0 Å². The summed E-state index contributed by atoms with van der Waals surface area (Å²) in [6.45, 7) is 3.85. The second-order valence-electron chi connectivity index (χ2n) is 3.53. The van der Waals surface area contributed by atoms with E-state index in [4.69, 9.17) is 4.74 Å². The van der Waals surface area contributed by atoms with Crippen molar-refractivity contribution in [3.63, 3.8) is 0 Å². The first-order valence-electron chi connectivity index (χ1n) is 5.02. The number of carbonyl (C=O) groups is 1. The molecule has 0 heterocycles. The highest BCUT2D eigenvalue weighted by atomic mass is 16.5. The number of hydrogen-bond acceptors (Lipinski definition) is 3. The summed E-state index contributed by atoms with van der Waals surface area (Å²) in [4.78, 5) is 11.0. The van der Waals surface area contributed by atoms with E-state index in [9.17, 15) is 4.79 Å². The van der Waals surface area contributed by atoms with Crippen LogP contribution in [0.15, 0.2) is 36.4 Å². The Hall–Kier alpha value is -1.77. The molecule has 0 fully saturated rings. The minimum absolute atomic E-state index is 0.251. The first-order valence-corrected chi connectivity index (χ1v) is 5.02. The van der Waals surface area contributed by atoms with Crippen molar-refractivity contribution in [1.82, 2.24) is 0 Å². The van der Waals surface area contributed by atoms with Crippen molar-refractivity contribution in [3.8, 4) is 5.75 Å². The van der Waals surface area contributed by atoms with Crippen molar-refractivity contribution < 1.29 is 14.3 Å². The molecule has 0 spiro atoms. The Bertz CT molecular complexity index is 365. The van der Waals surface area contributed by atoms with Crippen molar-refractivity contribution in [2.24, 2.45) is 0 Å². The summed E-state index contributed by atoms with van der Waals surface area (Å²) in [5, 5.41) is 0. The van der Waals surface area contributed by atoms with Gasteiger partial charge in [-0.2, -0.15) is 0 Å². The van der Waals surface area contributed by atoms with Crippen LogP contribution in [-0.2, 0) is 16.0 Å². The first-order chi connectivity index (χ1) is 7.65. The number of ether oxygens (including phenoxy) is 2. The van der Waals surface area contributed by atoms with Gasteiger partial charge in [-0.15, -0.1) is 0 Å². The fraction of sp³-hybridized carbons (Fsp3) is 0.308. The van der Waals surface area contributed by atoms with Crippen LogP contribution in [0.1, 0.15) is 12.0 Å². The van der Waals surface area contributed by atoms with Gasteiger partial charge in [0.2, 0.25) is 0 Å². The zero-order valence-corrected chi connectivity index (χ0v) is 9.66. The van der Waals surface area contributed by atoms with Crippen molar-refractivity contribution in [2.75, 3.05) is 14.2 Å². The zero-order chi connectivity index (χ0) is 12.0. The Balaban J connectivity index is 2.52. The van der Waals surface area contributed by atoms with Crippen LogP contribution in [0.3, 0.4) is 0 Å². The van der Waals surface area contributed by atoms with E-state index in [1.807, 2.05) is 24.3 Å². The SMILES string of the molecule is C=C(CC(=O)OC)Cc1ccc(OC)cc1. The standard InChI is InChI=1S/C13H16O3/c1-10(9-13(14)16-3)8-11-4-6-12(15-2)7-5-11/h4-7H,1,8-9H2,2-3H3. The van der Waals surface area contributed by atoms with Gasteiger partial charge in [-0.25, -0.2) is 0 Å². The van der Waals surface area contributed by atoms with Gasteiger partial charge in [0.1, 0.15) is 5.75 Å². The Morgan fingerprint density at radius 1 is 1.25 bits per heavy atom. The van der Waals surface area contributed by atoms with Crippen molar-refractivity contribution in [3.05, 3.63) is 42.0 Å². The molecule has 0 unspecified atom stereocenters. The Labute approximate surface area is 95.7 Å². The molecule has 1 aromatic carbocycles. The van der Waals surface area contributed by atoms with Crippen LogP contribution in [0.5, 0.6) is 5.75 Å². The van der Waals surface area contributed by atoms with Gasteiger partial charge in [-0.3, -0.25) is 4.79 Å². The maximum absolute atomic E-state index is 11.0. The van der Waals surface area contributed by atoms with Gasteiger partial charge in [0.05, 0.1) is 20.6 Å². The van der Waals surface area contributed by atoms with E-state index in [1.165, 1.54) is 7.11 Å². The fourth-order valence-corrected chi connectivity index (χ4v) is 1.37. The van der Waals surface area contributed by atoms with Crippen LogP contribution < -0.4 is 4.74 Å². The predicted molar refractivity (Wildman–Crippen MR) is 62.5 cm³/mol. The molecule has 3 heteroatoms. The molecule has 86 valence electrons. The van der Waals surface area contributed by atoms with Gasteiger partial charge < -0.3 is 9.47 Å². The summed E-state index contributed by atoms with van der Waals surface area (Å²) in [5.74, 6) is 0.570. The lowest BCUT2D eigenvalue weighted by atomic mass is 10.0. The smallest absolute Gasteiger partial charge is 0.309 e. The number of esters is 1. The van der Waals surface area contributed by atoms with Crippen LogP contribution in [0.2, 0.25) is 0 Å². The van der Waals surface area contributed by atoms with Crippen LogP contribution in [0.25, 0.3) is 0 Å². The molecule has 0 saturated heterocycles. The lowest BCUT2D eigenvalue weighted by molar-refractivity contribution is -0.139. The highest BCUT2D eigenvalue weighted by molar-refractivity contribution is 5.72. The Morgan fingerprint density at radius 3 is 2.38 bits per heavy atom. The number of benzene rings is 1. The van der Waals surface area contributed by atoms with Gasteiger partial charge in [-0.1, -0.05) is 24.3 Å². The molecule has 0 aliphatic rings. The number of carbonyl (C=O) groups excluding carboxylic acids is 1. The lowest BCUT2D eigenvalue weighted by Gasteiger charge is -2.05. The van der Waals surface area contributed by atoms with Crippen LogP contribution >= 0.6 is 0 Å². The van der Waals surface area contributed by atoms with Gasteiger partial charge in [-0.05, 0) is 24.1 Å². The monoisotopic (exact) mass is 220 g/mol. The second kappa shape index (κ2) is 5.95. The molecular formula is C13H16O3. The maximum Gasteiger partial charge on any atom is 0.309 e. The predicted octanol–water partition coefficient (Wildman–Crippen LogP) is 2.36. The molecule has 0 aliphatic heterocycles. The van der Waals surface area contributed by atoms with Crippen LogP contribution in [0, 0.1) is 0 Å². The maximum atomic E-state index is 11.0. The fourth-order valence-electron chi connectivity index (χ4n) is 1.37. The molecule has 16 heavy (non-hydrogen) atoms. The van der Waals surface area contributed by atoms with E-state index in [0.29, 0.717) is 6.42 Å². The quantitative estimate of drug-likeness (QED) is 0.564. The summed E-state index contributed by atoms with van der Waals surface area (Å²) >= 11 is 0. The average molecular weight is 220 g/mol. The third-order valence-corrected chi connectivity index (χ3v) is 2.24. The average Bonchev–Trinajstić information content (AvgIpc) is 2.29. The number of methoxy groups -OCH3 is 2. The molecule has 0 bridgehead atoms. The molecule has 0 aromatic heterocycles. The molecule has 1 rings (SSSR count). The molecule has 0 atom stereocenters. The summed E-state index contributed by atoms with van der Waals surface area (Å²) in [6, 6.07) is 7.70. The lowest BCUT2D eigenvalue weighted by Crippen LogP contribution is -2.02. The molecule has 0 radical (unpaired) electrons. The normalized spacial score (nSPS) is 9.62. The second-order valence-corrected chi connectivity index (χ2v) is 3.53. The van der Waals surface area contributed by atoms with E-state index in [-0.39, 0.29) is 12.4 Å². The summed E-state index contributed by atoms with van der Waals surface area (Å²) in [7, 11) is 3.01. The summed E-state index contributed by atoms with van der Waals surface area (Å²) < 4.78 is 9.63. The summed E-state index contributed by atoms with van der Waals surface area (Å²) in [5.41, 5.74) is 1.95. The van der Waals surface area contributed by atoms with E-state index in [2.05, 4.69) is 11.3 Å². The molecular weight excluding hydrogens is 204 g/mol. The van der Waals surface area contributed by atoms with Gasteiger partial charge in [0.15, 0.2) is 0 Å². The number of hydrogen-bond donors (Lipinski definition) is 0. The molecule has 3 nitrogen and oxygen atoms in total. The largest absolute Gasteiger partial charge is 0.497 e. The van der Waals surface area contributed by atoms with E-state index in [1.54, 1.807) is 7.11 Å².